The third-order valence-electron chi connectivity index (χ3n) is 4.56. The average Bonchev–Trinajstić information content (AvgIpc) is 2.54. The second kappa shape index (κ2) is 10.4. The van der Waals surface area contributed by atoms with Crippen molar-refractivity contribution in [1.82, 2.24) is 15.5 Å². The van der Waals surface area contributed by atoms with Crippen molar-refractivity contribution in [3.8, 4) is 0 Å². The van der Waals surface area contributed by atoms with E-state index in [9.17, 15) is 14.4 Å². The molecule has 0 aromatic carbocycles. The van der Waals surface area contributed by atoms with Gasteiger partial charge >= 0.3 is 6.09 Å². The van der Waals surface area contributed by atoms with E-state index in [2.05, 4.69) is 10.6 Å². The Kier molecular flexibility index (Phi) is 8.88. The van der Waals surface area contributed by atoms with Gasteiger partial charge in [-0.15, -0.1) is 0 Å². The van der Waals surface area contributed by atoms with E-state index in [1.54, 1.807) is 25.7 Å². The number of ether oxygens (including phenoxy) is 1. The van der Waals surface area contributed by atoms with Crippen LogP contribution in [0.15, 0.2) is 0 Å². The van der Waals surface area contributed by atoms with Crippen LogP contribution in [-0.4, -0.2) is 54.1 Å². The number of piperidine rings is 1. The number of alkyl carbamates (subject to hydrolysis) is 1. The highest BCUT2D eigenvalue weighted by molar-refractivity contribution is 5.79. The van der Waals surface area contributed by atoms with Crippen LogP contribution in [-0.2, 0) is 14.3 Å². The molecule has 0 bridgehead atoms. The van der Waals surface area contributed by atoms with Gasteiger partial charge in [0, 0.05) is 38.0 Å². The molecule has 0 spiro atoms. The zero-order valence-electron chi connectivity index (χ0n) is 16.9. The Morgan fingerprint density at radius 3 is 2.19 bits per heavy atom. The predicted octanol–water partition coefficient (Wildman–Crippen LogP) is 2.44. The first-order valence-corrected chi connectivity index (χ1v) is 9.71. The molecule has 2 N–H and O–H groups in total. The highest BCUT2D eigenvalue weighted by Gasteiger charge is 2.25. The zero-order chi connectivity index (χ0) is 19.7. The van der Waals surface area contributed by atoms with Gasteiger partial charge in [-0.1, -0.05) is 13.8 Å². The fourth-order valence-electron chi connectivity index (χ4n) is 3.00. The molecule has 1 heterocycles. The van der Waals surface area contributed by atoms with Gasteiger partial charge in [0.05, 0.1) is 0 Å². The normalized spacial score (nSPS) is 15.7. The summed E-state index contributed by atoms with van der Waals surface area (Å²) in [6.45, 7) is 11.0. The highest BCUT2D eigenvalue weighted by Crippen LogP contribution is 2.14. The minimum atomic E-state index is -0.547. The van der Waals surface area contributed by atoms with Crippen molar-refractivity contribution in [2.75, 3.05) is 19.6 Å². The van der Waals surface area contributed by atoms with Crippen LogP contribution >= 0.6 is 0 Å². The number of hydrogen-bond acceptors (Lipinski definition) is 4. The maximum absolute atomic E-state index is 12.2. The van der Waals surface area contributed by atoms with Gasteiger partial charge in [0.2, 0.25) is 11.8 Å². The number of likely N-dealkylation sites (tertiary alicyclic amines) is 1. The summed E-state index contributed by atoms with van der Waals surface area (Å²) in [7, 11) is 0. The molecule has 0 atom stereocenters. The first-order chi connectivity index (χ1) is 12.2. The summed E-state index contributed by atoms with van der Waals surface area (Å²) in [5.74, 6) is 0.223. The number of amides is 3. The Hall–Kier alpha value is -1.79. The van der Waals surface area contributed by atoms with Gasteiger partial charge in [-0.2, -0.15) is 0 Å². The van der Waals surface area contributed by atoms with E-state index >= 15 is 0 Å². The molecule has 0 aromatic rings. The van der Waals surface area contributed by atoms with Crippen molar-refractivity contribution in [3.05, 3.63) is 0 Å². The van der Waals surface area contributed by atoms with Crippen LogP contribution < -0.4 is 10.6 Å². The van der Waals surface area contributed by atoms with E-state index in [1.807, 2.05) is 13.8 Å². The van der Waals surface area contributed by atoms with Crippen molar-refractivity contribution in [3.63, 3.8) is 0 Å². The van der Waals surface area contributed by atoms with Gasteiger partial charge in [0.1, 0.15) is 5.60 Å². The number of nitrogens with zero attached hydrogens (tertiary/aromatic N) is 1. The first-order valence-electron chi connectivity index (χ1n) is 9.71. The van der Waals surface area contributed by atoms with Gasteiger partial charge in [0.25, 0.3) is 0 Å². The minimum absolute atomic E-state index is 0.0193. The molecular weight excluding hydrogens is 334 g/mol. The maximum Gasteiger partial charge on any atom is 0.407 e. The molecule has 1 saturated heterocycles. The largest absolute Gasteiger partial charge is 0.444 e. The van der Waals surface area contributed by atoms with E-state index < -0.39 is 11.7 Å². The quantitative estimate of drug-likeness (QED) is 0.721. The summed E-state index contributed by atoms with van der Waals surface area (Å²) >= 11 is 0. The van der Waals surface area contributed by atoms with Crippen LogP contribution in [0.25, 0.3) is 0 Å². The van der Waals surface area contributed by atoms with E-state index in [-0.39, 0.29) is 36.7 Å². The monoisotopic (exact) mass is 369 g/mol. The summed E-state index contributed by atoms with van der Waals surface area (Å²) in [5, 5.41) is 5.71. The molecule has 26 heavy (non-hydrogen) atoms. The Morgan fingerprint density at radius 1 is 1.12 bits per heavy atom. The second-order valence-electron chi connectivity index (χ2n) is 7.86. The third-order valence-corrected chi connectivity index (χ3v) is 4.56. The van der Waals surface area contributed by atoms with Gasteiger partial charge in [-0.3, -0.25) is 9.59 Å². The first kappa shape index (κ1) is 22.3. The molecule has 0 radical (unpaired) electrons. The molecule has 0 aromatic heterocycles. The van der Waals surface area contributed by atoms with Crippen molar-refractivity contribution < 1.29 is 19.1 Å². The van der Waals surface area contributed by atoms with Crippen LogP contribution in [0.4, 0.5) is 4.79 Å². The topological polar surface area (TPSA) is 87.7 Å². The highest BCUT2D eigenvalue weighted by atomic mass is 16.6. The van der Waals surface area contributed by atoms with E-state index in [4.69, 9.17) is 4.74 Å². The molecule has 0 aliphatic carbocycles. The van der Waals surface area contributed by atoms with Gasteiger partial charge < -0.3 is 20.3 Å². The van der Waals surface area contributed by atoms with Gasteiger partial charge in [-0.05, 0) is 46.5 Å². The lowest BCUT2D eigenvalue weighted by molar-refractivity contribution is -0.132. The number of carbonyl (C=O) groups excluding carboxylic acids is 3. The van der Waals surface area contributed by atoms with Crippen molar-refractivity contribution >= 4 is 17.9 Å². The lowest BCUT2D eigenvalue weighted by atomic mass is 9.99. The van der Waals surface area contributed by atoms with Crippen LogP contribution in [0.3, 0.4) is 0 Å². The summed E-state index contributed by atoms with van der Waals surface area (Å²) in [5.41, 5.74) is -0.547. The summed E-state index contributed by atoms with van der Waals surface area (Å²) in [6.07, 6.45) is 3.00. The van der Waals surface area contributed by atoms with E-state index in [0.717, 1.165) is 25.7 Å². The molecular formula is C19H35N3O4. The van der Waals surface area contributed by atoms with Crippen LogP contribution in [0, 0.1) is 5.92 Å². The van der Waals surface area contributed by atoms with Gasteiger partial charge in [-0.25, -0.2) is 4.79 Å². The number of rotatable bonds is 7. The second-order valence-corrected chi connectivity index (χ2v) is 7.86. The Bertz CT molecular complexity index is 476. The number of nitrogens with one attached hydrogen (secondary N) is 2. The minimum Gasteiger partial charge on any atom is -0.444 e. The van der Waals surface area contributed by atoms with Gasteiger partial charge in [0.15, 0.2) is 0 Å². The maximum atomic E-state index is 12.2. The van der Waals surface area contributed by atoms with E-state index in [0.29, 0.717) is 13.1 Å². The third kappa shape index (κ3) is 8.06. The van der Waals surface area contributed by atoms with E-state index in [1.165, 1.54) is 0 Å². The molecule has 0 saturated carbocycles. The molecule has 1 fully saturated rings. The molecule has 1 aliphatic heterocycles. The van der Waals surface area contributed by atoms with Crippen LogP contribution in [0.2, 0.25) is 0 Å². The van der Waals surface area contributed by atoms with Crippen molar-refractivity contribution in [2.24, 2.45) is 5.92 Å². The summed E-state index contributed by atoms with van der Waals surface area (Å²) < 4.78 is 5.14. The zero-order valence-corrected chi connectivity index (χ0v) is 16.9. The van der Waals surface area contributed by atoms with Crippen molar-refractivity contribution in [1.29, 1.82) is 0 Å². The molecule has 150 valence electrons. The average molecular weight is 370 g/mol. The fraction of sp³-hybridized carbons (Fsp3) is 0.842. The summed E-state index contributed by atoms with van der Waals surface area (Å²) in [4.78, 5) is 37.8. The van der Waals surface area contributed by atoms with Crippen molar-refractivity contribution in [2.45, 2.75) is 78.4 Å². The number of carbonyl (C=O) groups is 3. The standard InChI is InChI=1S/C19H35N3O4/c1-6-14(7-2)17(24)21-15-9-12-22(13-10-15)16(23)8-11-20-18(25)26-19(3,4)5/h14-15H,6-13H2,1-5H3,(H,20,25)(H,21,24). The lowest BCUT2D eigenvalue weighted by Crippen LogP contribution is -2.48. The molecule has 7 heteroatoms. The Morgan fingerprint density at radius 2 is 1.69 bits per heavy atom. The molecule has 7 nitrogen and oxygen atoms in total. The molecule has 1 aliphatic rings. The predicted molar refractivity (Wildman–Crippen MR) is 101 cm³/mol. The molecule has 1 rings (SSSR count). The molecule has 0 unspecified atom stereocenters. The number of hydrogen-bond donors (Lipinski definition) is 2. The molecule has 3 amide bonds. The SMILES string of the molecule is CCC(CC)C(=O)NC1CCN(C(=O)CCNC(=O)OC(C)(C)C)CC1. The van der Waals surface area contributed by atoms with Crippen LogP contribution in [0.1, 0.15) is 66.7 Å². The smallest absolute Gasteiger partial charge is 0.407 e. The summed E-state index contributed by atoms with van der Waals surface area (Å²) in [6, 6.07) is 0.145. The Labute approximate surface area is 157 Å². The Balaban J connectivity index is 2.27. The van der Waals surface area contributed by atoms with Crippen LogP contribution in [0.5, 0.6) is 0 Å². The fourth-order valence-corrected chi connectivity index (χ4v) is 3.00. The lowest BCUT2D eigenvalue weighted by Gasteiger charge is -2.33.